The molecule has 3 rings (SSSR count). The van der Waals surface area contributed by atoms with Crippen molar-refractivity contribution in [2.75, 3.05) is 25.4 Å². The molecule has 5 nitrogen and oxygen atoms in total. The van der Waals surface area contributed by atoms with E-state index in [0.717, 1.165) is 32.0 Å². The minimum Gasteiger partial charge on any atom is -0.385 e. The quantitative estimate of drug-likeness (QED) is 0.845. The molecule has 1 aliphatic rings. The van der Waals surface area contributed by atoms with Crippen molar-refractivity contribution in [3.63, 3.8) is 0 Å². The first-order valence-electron chi connectivity index (χ1n) is 6.93. The fourth-order valence-corrected chi connectivity index (χ4v) is 2.84. The number of pyridine rings is 1. The Kier molecular flexibility index (Phi) is 4.83. The first kappa shape index (κ1) is 16.5. The highest BCUT2D eigenvalue weighted by Crippen LogP contribution is 2.22. The van der Waals surface area contributed by atoms with Crippen molar-refractivity contribution in [1.29, 1.82) is 0 Å². The van der Waals surface area contributed by atoms with Crippen LogP contribution >= 0.6 is 12.4 Å². The Labute approximate surface area is 132 Å². The Hall–Kier alpha value is -1.92. The summed E-state index contributed by atoms with van der Waals surface area (Å²) in [6, 6.07) is 3.79. The molecule has 1 saturated heterocycles. The van der Waals surface area contributed by atoms with Gasteiger partial charge in [0.05, 0.1) is 17.5 Å². The van der Waals surface area contributed by atoms with E-state index >= 15 is 0 Å². The number of carbonyl (C=O) groups is 1. The highest BCUT2D eigenvalue weighted by molar-refractivity contribution is 6.12. The molecule has 1 fully saturated rings. The van der Waals surface area contributed by atoms with Crippen LogP contribution in [0.5, 0.6) is 0 Å². The first-order chi connectivity index (χ1) is 10.1. The monoisotopic (exact) mass is 325 g/mol. The van der Waals surface area contributed by atoms with Crippen LogP contribution < -0.4 is 11.3 Å². The average molecular weight is 326 g/mol. The second-order valence-electron chi connectivity index (χ2n) is 5.34. The van der Waals surface area contributed by atoms with Crippen molar-refractivity contribution >= 4 is 34.8 Å². The van der Waals surface area contributed by atoms with E-state index in [2.05, 4.69) is 9.88 Å². The molecule has 7 heteroatoms. The molecule has 22 heavy (non-hydrogen) atoms. The van der Waals surface area contributed by atoms with Crippen molar-refractivity contribution in [2.24, 2.45) is 0 Å². The van der Waals surface area contributed by atoms with E-state index in [9.17, 15) is 14.0 Å². The number of halogens is 2. The van der Waals surface area contributed by atoms with Crippen molar-refractivity contribution in [2.45, 2.75) is 12.8 Å². The SMILES string of the molecule is Cl.Nc1[nH]c(=O)c2cc(F)ccc2c1C(=O)CN1CCCC1. The lowest BCUT2D eigenvalue weighted by atomic mass is 10.0. The second kappa shape index (κ2) is 6.46. The number of likely N-dealkylation sites (tertiary alicyclic amines) is 1. The number of Topliss-reactive ketones (excluding diaryl/α,β-unsaturated/α-hetero) is 1. The van der Waals surface area contributed by atoms with Gasteiger partial charge in [0.15, 0.2) is 5.78 Å². The van der Waals surface area contributed by atoms with Crippen molar-refractivity contribution in [3.8, 4) is 0 Å². The van der Waals surface area contributed by atoms with Gasteiger partial charge in [0.1, 0.15) is 11.6 Å². The summed E-state index contributed by atoms with van der Waals surface area (Å²) < 4.78 is 13.3. The number of rotatable bonds is 3. The maximum absolute atomic E-state index is 13.3. The average Bonchev–Trinajstić information content (AvgIpc) is 2.92. The van der Waals surface area contributed by atoms with E-state index in [1.54, 1.807) is 0 Å². The third-order valence-corrected chi connectivity index (χ3v) is 3.86. The number of nitrogens with zero attached hydrogens (tertiary/aromatic N) is 1. The molecule has 1 aliphatic heterocycles. The van der Waals surface area contributed by atoms with Crippen LogP contribution in [0.15, 0.2) is 23.0 Å². The number of nitrogens with two attached hydrogens (primary N) is 1. The number of anilines is 1. The first-order valence-corrected chi connectivity index (χ1v) is 6.93. The second-order valence-corrected chi connectivity index (χ2v) is 5.34. The van der Waals surface area contributed by atoms with Crippen molar-refractivity contribution < 1.29 is 9.18 Å². The van der Waals surface area contributed by atoms with E-state index in [1.807, 2.05) is 0 Å². The molecule has 0 spiro atoms. The normalized spacial score (nSPS) is 15.0. The topological polar surface area (TPSA) is 79.2 Å². The van der Waals surface area contributed by atoms with Crippen LogP contribution in [0.1, 0.15) is 23.2 Å². The predicted molar refractivity (Wildman–Crippen MR) is 86.2 cm³/mol. The molecule has 0 radical (unpaired) electrons. The van der Waals surface area contributed by atoms with Gasteiger partial charge in [0.25, 0.3) is 5.56 Å². The molecular weight excluding hydrogens is 309 g/mol. The number of nitrogen functional groups attached to an aromatic ring is 1. The number of fused-ring (bicyclic) bond motifs is 1. The maximum Gasteiger partial charge on any atom is 0.257 e. The molecule has 2 heterocycles. The Morgan fingerprint density at radius 1 is 1.27 bits per heavy atom. The molecule has 0 aliphatic carbocycles. The Morgan fingerprint density at radius 3 is 2.64 bits per heavy atom. The summed E-state index contributed by atoms with van der Waals surface area (Å²) >= 11 is 0. The van der Waals surface area contributed by atoms with Gasteiger partial charge >= 0.3 is 0 Å². The van der Waals surface area contributed by atoms with Gasteiger partial charge in [0.2, 0.25) is 0 Å². The molecule has 0 bridgehead atoms. The van der Waals surface area contributed by atoms with Gasteiger partial charge in [-0.25, -0.2) is 4.39 Å². The summed E-state index contributed by atoms with van der Waals surface area (Å²) in [5, 5.41) is 0.552. The van der Waals surface area contributed by atoms with Gasteiger partial charge in [0, 0.05) is 5.39 Å². The lowest BCUT2D eigenvalue weighted by Gasteiger charge is -2.15. The van der Waals surface area contributed by atoms with Crippen LogP contribution in [0.4, 0.5) is 10.2 Å². The fourth-order valence-electron chi connectivity index (χ4n) is 2.84. The largest absolute Gasteiger partial charge is 0.385 e. The molecule has 0 amide bonds. The molecule has 0 saturated carbocycles. The van der Waals surface area contributed by atoms with Gasteiger partial charge in [-0.3, -0.25) is 14.5 Å². The lowest BCUT2D eigenvalue weighted by Crippen LogP contribution is -2.28. The number of aromatic nitrogens is 1. The summed E-state index contributed by atoms with van der Waals surface area (Å²) in [6.45, 7) is 2.05. The molecule has 0 unspecified atom stereocenters. The zero-order valence-corrected chi connectivity index (χ0v) is 12.7. The van der Waals surface area contributed by atoms with Crippen LogP contribution in [0, 0.1) is 5.82 Å². The summed E-state index contributed by atoms with van der Waals surface area (Å²) in [6.07, 6.45) is 2.17. The lowest BCUT2D eigenvalue weighted by molar-refractivity contribution is 0.0947. The smallest absolute Gasteiger partial charge is 0.257 e. The van der Waals surface area contributed by atoms with Gasteiger partial charge in [-0.15, -0.1) is 12.4 Å². The summed E-state index contributed by atoms with van der Waals surface area (Å²) in [4.78, 5) is 28.8. The minimum absolute atomic E-state index is 0. The Morgan fingerprint density at radius 2 is 1.95 bits per heavy atom. The van der Waals surface area contributed by atoms with Gasteiger partial charge in [-0.05, 0) is 38.1 Å². The van der Waals surface area contributed by atoms with Crippen LogP contribution in [-0.4, -0.2) is 35.3 Å². The van der Waals surface area contributed by atoms with Gasteiger partial charge in [-0.1, -0.05) is 6.07 Å². The van der Waals surface area contributed by atoms with Crippen molar-refractivity contribution in [3.05, 3.63) is 39.9 Å². The molecule has 2 aromatic rings. The van der Waals surface area contributed by atoms with Crippen LogP contribution in [-0.2, 0) is 0 Å². The number of benzene rings is 1. The summed E-state index contributed by atoms with van der Waals surface area (Å²) in [5.41, 5.74) is 5.60. The molecule has 118 valence electrons. The number of H-pyrrole nitrogens is 1. The zero-order chi connectivity index (χ0) is 15.0. The van der Waals surface area contributed by atoms with Crippen LogP contribution in [0.2, 0.25) is 0 Å². The Bertz CT molecular complexity index is 769. The van der Waals surface area contributed by atoms with E-state index in [-0.39, 0.29) is 41.5 Å². The minimum atomic E-state index is -0.518. The fraction of sp³-hybridized carbons (Fsp3) is 0.333. The van der Waals surface area contributed by atoms with E-state index in [1.165, 1.54) is 12.1 Å². The van der Waals surface area contributed by atoms with E-state index in [0.29, 0.717) is 5.39 Å². The Balaban J connectivity index is 0.00000176. The predicted octanol–water partition coefficient (Wildman–Crippen LogP) is 1.95. The van der Waals surface area contributed by atoms with Gasteiger partial charge in [-0.2, -0.15) is 0 Å². The summed E-state index contributed by atoms with van der Waals surface area (Å²) in [7, 11) is 0. The maximum atomic E-state index is 13.3. The highest BCUT2D eigenvalue weighted by Gasteiger charge is 2.21. The number of nitrogens with one attached hydrogen (secondary N) is 1. The standard InChI is InChI=1S/C15H16FN3O2.ClH/c16-9-3-4-10-11(7-9)15(21)18-14(17)13(10)12(20)8-19-5-1-2-6-19;/h3-4,7H,1-2,5-6,8H2,(H3,17,18,21);1H. The highest BCUT2D eigenvalue weighted by atomic mass is 35.5. The zero-order valence-electron chi connectivity index (χ0n) is 11.9. The van der Waals surface area contributed by atoms with Crippen LogP contribution in [0.3, 0.4) is 0 Å². The number of aromatic amines is 1. The summed E-state index contributed by atoms with van der Waals surface area (Å²) in [5.74, 6) is -0.624. The number of hydrogen-bond acceptors (Lipinski definition) is 4. The molecule has 1 aromatic carbocycles. The number of carbonyl (C=O) groups excluding carboxylic acids is 1. The molecular formula is C15H17ClFN3O2. The molecule has 0 atom stereocenters. The molecule has 3 N–H and O–H groups in total. The third-order valence-electron chi connectivity index (χ3n) is 3.86. The number of ketones is 1. The number of hydrogen-bond donors (Lipinski definition) is 2. The van der Waals surface area contributed by atoms with Crippen LogP contribution in [0.25, 0.3) is 10.8 Å². The van der Waals surface area contributed by atoms with E-state index in [4.69, 9.17) is 5.73 Å². The van der Waals surface area contributed by atoms with Crippen molar-refractivity contribution in [1.82, 2.24) is 9.88 Å². The third kappa shape index (κ3) is 2.98. The van der Waals surface area contributed by atoms with Gasteiger partial charge < -0.3 is 10.7 Å². The van der Waals surface area contributed by atoms with E-state index < -0.39 is 11.4 Å². The molecule has 1 aromatic heterocycles.